The summed E-state index contributed by atoms with van der Waals surface area (Å²) < 4.78 is 1.96. The summed E-state index contributed by atoms with van der Waals surface area (Å²) in [5, 5.41) is 12.5. The summed E-state index contributed by atoms with van der Waals surface area (Å²) >= 11 is 5.96. The molecule has 1 heterocycles. The first kappa shape index (κ1) is 22.7. The Kier molecular flexibility index (Phi) is 9.93. The molecule has 0 aliphatic carbocycles. The van der Waals surface area contributed by atoms with Crippen molar-refractivity contribution in [2.24, 2.45) is 12.0 Å². The summed E-state index contributed by atoms with van der Waals surface area (Å²) in [6.07, 6.45) is 2.25. The monoisotopic (exact) mass is 490 g/mol. The van der Waals surface area contributed by atoms with E-state index in [2.05, 4.69) is 27.3 Å². The van der Waals surface area contributed by atoms with E-state index < -0.39 is 0 Å². The Morgan fingerprint density at radius 3 is 2.54 bits per heavy atom. The molecule has 8 heteroatoms. The van der Waals surface area contributed by atoms with Crippen molar-refractivity contribution < 1.29 is 0 Å². The number of aliphatic imine (C=N–C) groups is 1. The molecule has 0 saturated heterocycles. The highest BCUT2D eigenvalue weighted by Crippen LogP contribution is 2.11. The highest BCUT2D eigenvalue weighted by atomic mass is 127. The molecule has 0 aliphatic rings. The third-order valence-electron chi connectivity index (χ3n) is 4.06. The number of unbranched alkanes of at least 4 members (excludes halogenated alkanes) is 1. The number of guanidine groups is 1. The summed E-state index contributed by atoms with van der Waals surface area (Å²) in [5.74, 6) is 2.61. The van der Waals surface area contributed by atoms with Crippen molar-refractivity contribution in [2.75, 3.05) is 13.6 Å². The van der Waals surface area contributed by atoms with E-state index in [0.717, 1.165) is 48.6 Å². The smallest absolute Gasteiger partial charge is 0.194 e. The van der Waals surface area contributed by atoms with E-state index in [1.54, 1.807) is 0 Å². The maximum atomic E-state index is 5.96. The Bertz CT molecular complexity index is 698. The number of halogens is 2. The van der Waals surface area contributed by atoms with Crippen molar-refractivity contribution in [2.45, 2.75) is 39.8 Å². The summed E-state index contributed by atoms with van der Waals surface area (Å²) in [7, 11) is 4.00. The highest BCUT2D eigenvalue weighted by molar-refractivity contribution is 14.0. The van der Waals surface area contributed by atoms with Gasteiger partial charge in [0.1, 0.15) is 12.4 Å². The number of benzene rings is 1. The molecule has 6 nitrogen and oxygen atoms in total. The Morgan fingerprint density at radius 2 is 1.96 bits per heavy atom. The first-order valence-electron chi connectivity index (χ1n) is 8.60. The summed E-state index contributed by atoms with van der Waals surface area (Å²) in [6, 6.07) is 7.89. The number of hydrogen-bond donors (Lipinski definition) is 1. The first-order valence-corrected chi connectivity index (χ1v) is 8.97. The van der Waals surface area contributed by atoms with E-state index in [9.17, 15) is 0 Å². The van der Waals surface area contributed by atoms with Gasteiger partial charge in [0, 0.05) is 32.2 Å². The molecule has 0 atom stereocenters. The van der Waals surface area contributed by atoms with Crippen LogP contribution in [-0.2, 0) is 20.1 Å². The minimum Gasteiger partial charge on any atom is -0.356 e. The van der Waals surface area contributed by atoms with Crippen LogP contribution in [0.4, 0.5) is 0 Å². The second-order valence-corrected chi connectivity index (χ2v) is 6.56. The minimum absolute atomic E-state index is 0. The van der Waals surface area contributed by atoms with Crippen LogP contribution in [0.25, 0.3) is 0 Å². The normalized spacial score (nSPS) is 11.2. The fraction of sp³-hybridized carbons (Fsp3) is 0.500. The fourth-order valence-electron chi connectivity index (χ4n) is 2.36. The van der Waals surface area contributed by atoms with Crippen LogP contribution < -0.4 is 5.32 Å². The van der Waals surface area contributed by atoms with Crippen LogP contribution >= 0.6 is 35.6 Å². The Hall–Kier alpha value is -1.35. The molecule has 0 unspecified atom stereocenters. The highest BCUT2D eigenvalue weighted by Gasteiger charge is 2.09. The minimum atomic E-state index is 0. The maximum absolute atomic E-state index is 5.96. The topological polar surface area (TPSA) is 58.3 Å². The average molecular weight is 491 g/mol. The SMILES string of the molecule is CCCCNC(=NCc1nnc(C)n1C)N(C)Cc1ccc(Cl)cc1.I. The lowest BCUT2D eigenvalue weighted by atomic mass is 10.2. The van der Waals surface area contributed by atoms with E-state index in [1.807, 2.05) is 49.9 Å². The van der Waals surface area contributed by atoms with Crippen LogP contribution in [0, 0.1) is 6.92 Å². The van der Waals surface area contributed by atoms with Crippen LogP contribution in [0.5, 0.6) is 0 Å². The first-order chi connectivity index (χ1) is 12.0. The van der Waals surface area contributed by atoms with Gasteiger partial charge < -0.3 is 14.8 Å². The number of nitrogens with one attached hydrogen (secondary N) is 1. The number of hydrogen-bond acceptors (Lipinski definition) is 3. The third-order valence-corrected chi connectivity index (χ3v) is 4.31. The molecular formula is C18H28ClIN6. The van der Waals surface area contributed by atoms with Crippen molar-refractivity contribution in [3.05, 3.63) is 46.5 Å². The van der Waals surface area contributed by atoms with E-state index in [-0.39, 0.29) is 24.0 Å². The van der Waals surface area contributed by atoms with Gasteiger partial charge in [0.05, 0.1) is 0 Å². The molecule has 2 rings (SSSR count). The molecule has 0 spiro atoms. The Balaban J connectivity index is 0.00000338. The molecule has 0 aliphatic heterocycles. The van der Waals surface area contributed by atoms with Gasteiger partial charge >= 0.3 is 0 Å². The predicted molar refractivity (Wildman–Crippen MR) is 118 cm³/mol. The van der Waals surface area contributed by atoms with E-state index in [0.29, 0.717) is 6.54 Å². The van der Waals surface area contributed by atoms with E-state index in [1.165, 1.54) is 5.56 Å². The zero-order chi connectivity index (χ0) is 18.2. The number of aromatic nitrogens is 3. The fourth-order valence-corrected chi connectivity index (χ4v) is 2.49. The molecule has 2 aromatic rings. The van der Waals surface area contributed by atoms with Gasteiger partial charge in [-0.2, -0.15) is 0 Å². The standard InChI is InChI=1S/C18H27ClN6.HI/c1-5-6-11-20-18(21-12-17-23-22-14(2)25(17)4)24(3)13-15-7-9-16(19)10-8-15;/h7-10H,5-6,11-13H2,1-4H3,(H,20,21);1H. The van der Waals surface area contributed by atoms with Gasteiger partial charge in [-0.25, -0.2) is 4.99 Å². The van der Waals surface area contributed by atoms with Crippen LogP contribution in [-0.4, -0.2) is 39.2 Å². The molecule has 1 aromatic carbocycles. The van der Waals surface area contributed by atoms with Crippen molar-refractivity contribution in [1.29, 1.82) is 0 Å². The second-order valence-electron chi connectivity index (χ2n) is 6.13. The quantitative estimate of drug-likeness (QED) is 0.278. The van der Waals surface area contributed by atoms with Crippen molar-refractivity contribution in [1.82, 2.24) is 25.0 Å². The largest absolute Gasteiger partial charge is 0.356 e. The lowest BCUT2D eigenvalue weighted by Gasteiger charge is -2.22. The lowest BCUT2D eigenvalue weighted by Crippen LogP contribution is -2.39. The molecular weight excluding hydrogens is 463 g/mol. The van der Waals surface area contributed by atoms with E-state index in [4.69, 9.17) is 16.6 Å². The van der Waals surface area contributed by atoms with Gasteiger partial charge in [-0.3, -0.25) is 0 Å². The molecule has 144 valence electrons. The van der Waals surface area contributed by atoms with Gasteiger partial charge in [-0.05, 0) is 31.0 Å². The number of nitrogens with zero attached hydrogens (tertiary/aromatic N) is 5. The molecule has 1 N–H and O–H groups in total. The zero-order valence-electron chi connectivity index (χ0n) is 15.9. The average Bonchev–Trinajstić information content (AvgIpc) is 2.92. The van der Waals surface area contributed by atoms with Crippen LogP contribution in [0.2, 0.25) is 5.02 Å². The third kappa shape index (κ3) is 6.75. The Morgan fingerprint density at radius 1 is 1.27 bits per heavy atom. The van der Waals surface area contributed by atoms with Gasteiger partial charge in [0.2, 0.25) is 0 Å². The summed E-state index contributed by atoms with van der Waals surface area (Å²) in [6.45, 7) is 6.27. The van der Waals surface area contributed by atoms with E-state index >= 15 is 0 Å². The zero-order valence-corrected chi connectivity index (χ0v) is 19.0. The van der Waals surface area contributed by atoms with Gasteiger partial charge in [0.15, 0.2) is 11.8 Å². The van der Waals surface area contributed by atoms with Crippen molar-refractivity contribution in [3.8, 4) is 0 Å². The molecule has 0 bridgehead atoms. The van der Waals surface area contributed by atoms with Crippen molar-refractivity contribution >= 4 is 41.5 Å². The van der Waals surface area contributed by atoms with Gasteiger partial charge in [0.25, 0.3) is 0 Å². The van der Waals surface area contributed by atoms with Crippen molar-refractivity contribution in [3.63, 3.8) is 0 Å². The van der Waals surface area contributed by atoms with Crippen LogP contribution in [0.15, 0.2) is 29.3 Å². The second kappa shape index (κ2) is 11.4. The molecule has 0 saturated carbocycles. The molecule has 0 radical (unpaired) electrons. The number of rotatable bonds is 7. The lowest BCUT2D eigenvalue weighted by molar-refractivity contribution is 0.472. The Labute approximate surface area is 178 Å². The molecule has 1 aromatic heterocycles. The van der Waals surface area contributed by atoms with Crippen LogP contribution in [0.3, 0.4) is 0 Å². The molecule has 0 amide bonds. The summed E-state index contributed by atoms with van der Waals surface area (Å²) in [4.78, 5) is 6.85. The van der Waals surface area contributed by atoms with Gasteiger partial charge in [-0.15, -0.1) is 34.2 Å². The van der Waals surface area contributed by atoms with Crippen LogP contribution in [0.1, 0.15) is 37.0 Å². The molecule has 0 fully saturated rings. The number of aryl methyl sites for hydroxylation is 1. The maximum Gasteiger partial charge on any atom is 0.194 e. The van der Waals surface area contributed by atoms with Gasteiger partial charge in [-0.1, -0.05) is 37.1 Å². The predicted octanol–water partition coefficient (Wildman–Crippen LogP) is 3.77. The summed E-state index contributed by atoms with van der Waals surface area (Å²) in [5.41, 5.74) is 1.19. The molecule has 26 heavy (non-hydrogen) atoms.